The molecule has 1 heterocycles. The molecule has 0 radical (unpaired) electrons. The van der Waals surface area contributed by atoms with Crippen molar-refractivity contribution in [2.24, 2.45) is 5.73 Å². The lowest BCUT2D eigenvalue weighted by atomic mass is 10.1. The Morgan fingerprint density at radius 2 is 1.56 bits per heavy atom. The highest BCUT2D eigenvalue weighted by Gasteiger charge is 2.16. The van der Waals surface area contributed by atoms with E-state index in [-0.39, 0.29) is 0 Å². The quantitative estimate of drug-likeness (QED) is 0.664. The lowest BCUT2D eigenvalue weighted by Crippen LogP contribution is -2.13. The normalized spacial score (nSPS) is 10.8. The molecule has 1 amide bonds. The van der Waals surface area contributed by atoms with Crippen LogP contribution in [0.5, 0.6) is 0 Å². The third-order valence-electron chi connectivity index (χ3n) is 4.31. The smallest absolute Gasteiger partial charge is 0.250 e. The summed E-state index contributed by atoms with van der Waals surface area (Å²) in [6.07, 6.45) is 0.825. The van der Waals surface area contributed by atoms with E-state index < -0.39 is 5.91 Å². The Kier molecular flexibility index (Phi) is 5.16. The van der Waals surface area contributed by atoms with Gasteiger partial charge in [0, 0.05) is 28.0 Å². The molecule has 2 N–H and O–H groups in total. The van der Waals surface area contributed by atoms with Crippen molar-refractivity contribution in [2.75, 3.05) is 0 Å². The molecule has 25 heavy (non-hydrogen) atoms. The lowest BCUT2D eigenvalue weighted by molar-refractivity contribution is 0.0999. The molecule has 0 fully saturated rings. The highest BCUT2D eigenvalue weighted by molar-refractivity contribution is 6.30. The van der Waals surface area contributed by atoms with Crippen LogP contribution < -0.4 is 5.73 Å². The first-order valence-electron chi connectivity index (χ1n) is 7.96. The van der Waals surface area contributed by atoms with Gasteiger partial charge in [0.05, 0.1) is 5.56 Å². The van der Waals surface area contributed by atoms with Crippen LogP contribution in [0.3, 0.4) is 0 Å². The average Bonchev–Trinajstić information content (AvgIpc) is 2.92. The zero-order valence-electron chi connectivity index (χ0n) is 13.8. The third kappa shape index (κ3) is 3.89. The summed E-state index contributed by atoms with van der Waals surface area (Å²) in [6, 6.07) is 17.2. The van der Waals surface area contributed by atoms with Gasteiger partial charge < -0.3 is 10.3 Å². The zero-order chi connectivity index (χ0) is 18.0. The van der Waals surface area contributed by atoms with Gasteiger partial charge in [-0.05, 0) is 54.8 Å². The maximum Gasteiger partial charge on any atom is 0.250 e. The number of nitrogens with two attached hydrogens (primary N) is 1. The van der Waals surface area contributed by atoms with E-state index in [2.05, 4.69) is 4.57 Å². The summed E-state index contributed by atoms with van der Waals surface area (Å²) in [5.74, 6) is -0.419. The van der Waals surface area contributed by atoms with Crippen molar-refractivity contribution in [2.45, 2.75) is 19.9 Å². The van der Waals surface area contributed by atoms with Crippen molar-refractivity contribution in [3.05, 3.63) is 81.5 Å². The van der Waals surface area contributed by atoms with Gasteiger partial charge in [-0.1, -0.05) is 47.5 Å². The van der Waals surface area contributed by atoms with Crippen molar-refractivity contribution in [1.82, 2.24) is 4.57 Å². The first-order valence-corrected chi connectivity index (χ1v) is 8.71. The maximum atomic E-state index is 11.8. The minimum atomic E-state index is -0.419. The van der Waals surface area contributed by atoms with Crippen LogP contribution in [0.15, 0.2) is 54.6 Å². The summed E-state index contributed by atoms with van der Waals surface area (Å²) >= 11 is 11.9. The molecule has 0 saturated heterocycles. The van der Waals surface area contributed by atoms with E-state index in [0.717, 1.165) is 34.9 Å². The number of aromatic nitrogens is 1. The Bertz CT molecular complexity index is 897. The van der Waals surface area contributed by atoms with Gasteiger partial charge in [0.25, 0.3) is 5.91 Å². The predicted molar refractivity (Wildman–Crippen MR) is 103 cm³/mol. The Morgan fingerprint density at radius 1 is 1.00 bits per heavy atom. The molecule has 0 unspecified atom stereocenters. The van der Waals surface area contributed by atoms with Crippen LogP contribution in [0.1, 0.15) is 21.6 Å². The SMILES string of the molecule is Cc1c(C(N)=O)cc(-c2ccc(Cl)cc2)n1CCc1ccc(Cl)cc1. The highest BCUT2D eigenvalue weighted by atomic mass is 35.5. The number of amides is 1. The second-order valence-corrected chi connectivity index (χ2v) is 6.80. The fraction of sp³-hybridized carbons (Fsp3) is 0.150. The molecular formula is C20H18Cl2N2O. The van der Waals surface area contributed by atoms with Gasteiger partial charge in [-0.3, -0.25) is 4.79 Å². The molecule has 3 nitrogen and oxygen atoms in total. The molecular weight excluding hydrogens is 355 g/mol. The molecule has 0 aliphatic rings. The zero-order valence-corrected chi connectivity index (χ0v) is 15.3. The number of benzene rings is 2. The predicted octanol–water partition coefficient (Wildman–Crippen LogP) is 5.11. The maximum absolute atomic E-state index is 11.8. The van der Waals surface area contributed by atoms with Crippen LogP contribution in [-0.2, 0) is 13.0 Å². The minimum absolute atomic E-state index is 0.419. The van der Waals surface area contributed by atoms with Crippen LogP contribution in [0, 0.1) is 6.92 Å². The fourth-order valence-electron chi connectivity index (χ4n) is 2.93. The van der Waals surface area contributed by atoms with Gasteiger partial charge in [0.15, 0.2) is 0 Å². The average molecular weight is 373 g/mol. The first kappa shape index (κ1) is 17.6. The number of rotatable bonds is 5. The number of halogens is 2. The molecule has 0 spiro atoms. The third-order valence-corrected chi connectivity index (χ3v) is 4.81. The van der Waals surface area contributed by atoms with Crippen LogP contribution in [0.25, 0.3) is 11.3 Å². The van der Waals surface area contributed by atoms with Crippen molar-refractivity contribution in [3.63, 3.8) is 0 Å². The van der Waals surface area contributed by atoms with E-state index in [1.807, 2.05) is 61.5 Å². The number of aryl methyl sites for hydroxylation is 1. The van der Waals surface area contributed by atoms with Gasteiger partial charge in [0.1, 0.15) is 0 Å². The second-order valence-electron chi connectivity index (χ2n) is 5.93. The van der Waals surface area contributed by atoms with Gasteiger partial charge >= 0.3 is 0 Å². The van der Waals surface area contributed by atoms with E-state index in [1.165, 1.54) is 5.56 Å². The molecule has 1 aromatic heterocycles. The summed E-state index contributed by atoms with van der Waals surface area (Å²) in [5.41, 5.74) is 10.1. The fourth-order valence-corrected chi connectivity index (χ4v) is 3.19. The van der Waals surface area contributed by atoms with Crippen LogP contribution in [0.2, 0.25) is 10.0 Å². The molecule has 5 heteroatoms. The van der Waals surface area contributed by atoms with E-state index in [1.54, 1.807) is 0 Å². The molecule has 2 aromatic carbocycles. The van der Waals surface area contributed by atoms with E-state index in [9.17, 15) is 4.79 Å². The minimum Gasteiger partial charge on any atom is -0.366 e. The molecule has 128 valence electrons. The molecule has 0 atom stereocenters. The Morgan fingerprint density at radius 3 is 2.12 bits per heavy atom. The highest BCUT2D eigenvalue weighted by Crippen LogP contribution is 2.27. The molecule has 0 saturated carbocycles. The number of hydrogen-bond acceptors (Lipinski definition) is 1. The Balaban J connectivity index is 1.96. The summed E-state index contributed by atoms with van der Waals surface area (Å²) in [5, 5.41) is 1.40. The van der Waals surface area contributed by atoms with Crippen LogP contribution in [-0.4, -0.2) is 10.5 Å². The topological polar surface area (TPSA) is 48.0 Å². The van der Waals surface area contributed by atoms with Gasteiger partial charge in [-0.25, -0.2) is 0 Å². The Hall–Kier alpha value is -2.23. The summed E-state index contributed by atoms with van der Waals surface area (Å²) in [4.78, 5) is 11.8. The largest absolute Gasteiger partial charge is 0.366 e. The van der Waals surface area contributed by atoms with Crippen LogP contribution >= 0.6 is 23.2 Å². The van der Waals surface area contributed by atoms with Crippen molar-refractivity contribution in [1.29, 1.82) is 0 Å². The van der Waals surface area contributed by atoms with E-state index in [4.69, 9.17) is 28.9 Å². The Labute approximate surface area is 157 Å². The van der Waals surface area contributed by atoms with Gasteiger partial charge in [-0.2, -0.15) is 0 Å². The number of carbonyl (C=O) groups excluding carboxylic acids is 1. The summed E-state index contributed by atoms with van der Waals surface area (Å²) in [7, 11) is 0. The van der Waals surface area contributed by atoms with Gasteiger partial charge in [0.2, 0.25) is 0 Å². The summed E-state index contributed by atoms with van der Waals surface area (Å²) < 4.78 is 2.12. The molecule has 3 aromatic rings. The summed E-state index contributed by atoms with van der Waals surface area (Å²) in [6.45, 7) is 2.65. The first-order chi connectivity index (χ1) is 12.0. The second kappa shape index (κ2) is 7.34. The monoisotopic (exact) mass is 372 g/mol. The molecule has 0 aliphatic carbocycles. The van der Waals surface area contributed by atoms with Crippen LogP contribution in [0.4, 0.5) is 0 Å². The number of nitrogens with zero attached hydrogens (tertiary/aromatic N) is 1. The number of primary amides is 1. The number of hydrogen-bond donors (Lipinski definition) is 1. The van der Waals surface area contributed by atoms with E-state index >= 15 is 0 Å². The number of carbonyl (C=O) groups is 1. The van der Waals surface area contributed by atoms with E-state index in [0.29, 0.717) is 10.6 Å². The molecule has 0 aliphatic heterocycles. The van der Waals surface area contributed by atoms with Gasteiger partial charge in [-0.15, -0.1) is 0 Å². The lowest BCUT2D eigenvalue weighted by Gasteiger charge is -2.12. The van der Waals surface area contributed by atoms with Crippen molar-refractivity contribution < 1.29 is 4.79 Å². The molecule has 3 rings (SSSR count). The molecule has 0 bridgehead atoms. The van der Waals surface area contributed by atoms with Crippen molar-refractivity contribution in [3.8, 4) is 11.3 Å². The standard InChI is InChI=1S/C20H18Cl2N2O/c1-13-18(20(23)25)12-19(15-4-8-17(22)9-5-15)24(13)11-10-14-2-6-16(21)7-3-14/h2-9,12H,10-11H2,1H3,(H2,23,25). The van der Waals surface area contributed by atoms with Crippen molar-refractivity contribution >= 4 is 29.1 Å².